The third-order valence-electron chi connectivity index (χ3n) is 1.21. The molecule has 0 aromatic carbocycles. The van der Waals surface area contributed by atoms with Gasteiger partial charge in [0.1, 0.15) is 6.17 Å². The molecule has 54 valence electrons. The van der Waals surface area contributed by atoms with Crippen LogP contribution in [0.2, 0.25) is 0 Å². The number of carbonyl (C=O) groups is 1. The molecule has 0 aromatic heterocycles. The predicted octanol–water partition coefficient (Wildman–Crippen LogP) is 0.180. The minimum atomic E-state index is -2.25. The number of aliphatic carboxylic acids is 1. The van der Waals surface area contributed by atoms with E-state index in [4.69, 9.17) is 10.2 Å². The van der Waals surface area contributed by atoms with Gasteiger partial charge in [-0.3, -0.25) is 0 Å². The summed E-state index contributed by atoms with van der Waals surface area (Å²) in [4.78, 5) is 9.97. The summed E-state index contributed by atoms with van der Waals surface area (Å²) in [5.74, 6) is -1.54. The van der Waals surface area contributed by atoms with Gasteiger partial charge in [-0.25, -0.2) is 9.18 Å². The van der Waals surface area contributed by atoms with E-state index in [1.165, 1.54) is 0 Å². The van der Waals surface area contributed by atoms with Crippen molar-refractivity contribution in [1.82, 2.24) is 0 Å². The third kappa shape index (κ3) is 1.64. The molecule has 0 aliphatic carbocycles. The van der Waals surface area contributed by atoms with Crippen LogP contribution in [0.25, 0.3) is 0 Å². The van der Waals surface area contributed by atoms with Crippen LogP contribution in [0.15, 0.2) is 0 Å². The fourth-order valence-electron chi connectivity index (χ4n) is 0.170. The van der Waals surface area contributed by atoms with Crippen molar-refractivity contribution in [3.05, 3.63) is 0 Å². The summed E-state index contributed by atoms with van der Waals surface area (Å²) in [5.41, 5.74) is -2.25. The largest absolute Gasteiger partial charge is 0.479 e. The maximum atomic E-state index is 12.1. The molecule has 0 aliphatic heterocycles. The van der Waals surface area contributed by atoms with Crippen molar-refractivity contribution < 1.29 is 19.4 Å². The van der Waals surface area contributed by atoms with Crippen molar-refractivity contribution in [3.8, 4) is 0 Å². The van der Waals surface area contributed by atoms with Gasteiger partial charge < -0.3 is 10.2 Å². The standard InChI is InChI=1S/C5H9FO3/c1-3(6)5(2,9)4(7)8/h3,9H,1-2H3,(H,7,8)/t3-,5-/m1/s1. The van der Waals surface area contributed by atoms with Gasteiger partial charge in [0.15, 0.2) is 5.60 Å². The lowest BCUT2D eigenvalue weighted by atomic mass is 10.0. The first-order valence-electron chi connectivity index (χ1n) is 2.49. The maximum absolute atomic E-state index is 12.1. The summed E-state index contributed by atoms with van der Waals surface area (Å²) in [5, 5.41) is 16.8. The summed E-state index contributed by atoms with van der Waals surface area (Å²) in [6.45, 7) is 1.91. The molecule has 9 heavy (non-hydrogen) atoms. The van der Waals surface area contributed by atoms with Crippen molar-refractivity contribution in [2.75, 3.05) is 0 Å². The van der Waals surface area contributed by atoms with Gasteiger partial charge in [-0.05, 0) is 13.8 Å². The first-order chi connectivity index (χ1) is 3.89. The van der Waals surface area contributed by atoms with E-state index >= 15 is 0 Å². The van der Waals surface area contributed by atoms with Crippen LogP contribution in [-0.2, 0) is 4.79 Å². The van der Waals surface area contributed by atoms with Crippen LogP contribution in [0.1, 0.15) is 13.8 Å². The molecule has 0 saturated carbocycles. The SMILES string of the molecule is C[C@@H](F)[C@@](C)(O)C(=O)O. The zero-order valence-corrected chi connectivity index (χ0v) is 5.26. The Morgan fingerprint density at radius 1 is 1.78 bits per heavy atom. The van der Waals surface area contributed by atoms with Gasteiger partial charge in [-0.15, -0.1) is 0 Å². The number of carboxylic acids is 1. The lowest BCUT2D eigenvalue weighted by Crippen LogP contribution is -2.42. The average molecular weight is 136 g/mol. The van der Waals surface area contributed by atoms with Gasteiger partial charge in [0, 0.05) is 0 Å². The lowest BCUT2D eigenvalue weighted by molar-refractivity contribution is -0.162. The van der Waals surface area contributed by atoms with Crippen molar-refractivity contribution in [1.29, 1.82) is 0 Å². The van der Waals surface area contributed by atoms with E-state index in [0.29, 0.717) is 0 Å². The molecule has 0 rings (SSSR count). The number of rotatable bonds is 2. The second-order valence-electron chi connectivity index (χ2n) is 2.07. The molecule has 0 spiro atoms. The number of aliphatic hydroxyl groups is 1. The highest BCUT2D eigenvalue weighted by Gasteiger charge is 2.36. The minimum Gasteiger partial charge on any atom is -0.479 e. The molecule has 2 atom stereocenters. The zero-order chi connectivity index (χ0) is 7.65. The van der Waals surface area contributed by atoms with Crippen molar-refractivity contribution in [2.24, 2.45) is 0 Å². The summed E-state index contributed by atoms with van der Waals surface area (Å²) in [7, 11) is 0. The number of carboxylic acid groups (broad SMARTS) is 1. The first kappa shape index (κ1) is 8.36. The molecule has 0 heterocycles. The Labute approximate surface area is 52.1 Å². The number of hydrogen-bond donors (Lipinski definition) is 2. The fraction of sp³-hybridized carbons (Fsp3) is 0.800. The molecule has 0 saturated heterocycles. The Kier molecular flexibility index (Phi) is 2.14. The van der Waals surface area contributed by atoms with E-state index in [0.717, 1.165) is 13.8 Å². The van der Waals surface area contributed by atoms with Gasteiger partial charge in [0.25, 0.3) is 0 Å². The number of alkyl halides is 1. The second-order valence-corrected chi connectivity index (χ2v) is 2.07. The Morgan fingerprint density at radius 3 is 2.11 bits per heavy atom. The van der Waals surface area contributed by atoms with Gasteiger partial charge in [-0.2, -0.15) is 0 Å². The molecular formula is C5H9FO3. The highest BCUT2D eigenvalue weighted by Crippen LogP contribution is 2.12. The fourth-order valence-corrected chi connectivity index (χ4v) is 0.170. The lowest BCUT2D eigenvalue weighted by Gasteiger charge is -2.18. The number of hydrogen-bond acceptors (Lipinski definition) is 2. The highest BCUT2D eigenvalue weighted by molar-refractivity contribution is 5.77. The second kappa shape index (κ2) is 2.31. The number of halogens is 1. The Morgan fingerprint density at radius 2 is 2.11 bits per heavy atom. The van der Waals surface area contributed by atoms with Crippen LogP contribution in [0.5, 0.6) is 0 Å². The summed E-state index contributed by atoms with van der Waals surface area (Å²) < 4.78 is 12.1. The first-order valence-corrected chi connectivity index (χ1v) is 2.49. The minimum absolute atomic E-state index is 0.917. The zero-order valence-electron chi connectivity index (χ0n) is 5.26. The summed E-state index contributed by atoms with van der Waals surface area (Å²) in [6, 6.07) is 0. The predicted molar refractivity (Wildman–Crippen MR) is 28.8 cm³/mol. The van der Waals surface area contributed by atoms with E-state index in [1.54, 1.807) is 0 Å². The van der Waals surface area contributed by atoms with Crippen LogP contribution in [0.4, 0.5) is 4.39 Å². The molecule has 0 aliphatic rings. The van der Waals surface area contributed by atoms with Crippen molar-refractivity contribution in [2.45, 2.75) is 25.6 Å². The molecule has 0 amide bonds. The van der Waals surface area contributed by atoms with Gasteiger partial charge >= 0.3 is 5.97 Å². The van der Waals surface area contributed by atoms with Crippen LogP contribution in [0.3, 0.4) is 0 Å². The highest BCUT2D eigenvalue weighted by atomic mass is 19.1. The molecule has 0 unspecified atom stereocenters. The van der Waals surface area contributed by atoms with Crippen molar-refractivity contribution in [3.63, 3.8) is 0 Å². The molecular weight excluding hydrogens is 127 g/mol. The van der Waals surface area contributed by atoms with Crippen LogP contribution >= 0.6 is 0 Å². The van der Waals surface area contributed by atoms with Crippen LogP contribution in [-0.4, -0.2) is 28.0 Å². The Bertz CT molecular complexity index is 119. The summed E-state index contributed by atoms with van der Waals surface area (Å²) in [6.07, 6.45) is -1.75. The van der Waals surface area contributed by atoms with Crippen LogP contribution < -0.4 is 0 Å². The van der Waals surface area contributed by atoms with E-state index < -0.39 is 17.7 Å². The topological polar surface area (TPSA) is 57.5 Å². The Hall–Kier alpha value is -0.640. The summed E-state index contributed by atoms with van der Waals surface area (Å²) >= 11 is 0. The van der Waals surface area contributed by atoms with E-state index in [-0.39, 0.29) is 0 Å². The molecule has 4 heteroatoms. The van der Waals surface area contributed by atoms with E-state index in [1.807, 2.05) is 0 Å². The normalized spacial score (nSPS) is 20.4. The average Bonchev–Trinajstić information content (AvgIpc) is 1.65. The van der Waals surface area contributed by atoms with Crippen molar-refractivity contribution >= 4 is 5.97 Å². The van der Waals surface area contributed by atoms with E-state index in [9.17, 15) is 9.18 Å². The molecule has 2 N–H and O–H groups in total. The van der Waals surface area contributed by atoms with Gasteiger partial charge in [-0.1, -0.05) is 0 Å². The smallest absolute Gasteiger partial charge is 0.338 e. The third-order valence-corrected chi connectivity index (χ3v) is 1.21. The molecule has 0 aromatic rings. The molecule has 0 fully saturated rings. The van der Waals surface area contributed by atoms with Crippen LogP contribution in [0, 0.1) is 0 Å². The van der Waals surface area contributed by atoms with E-state index in [2.05, 4.69) is 0 Å². The quantitative estimate of drug-likeness (QED) is 0.569. The van der Waals surface area contributed by atoms with Gasteiger partial charge in [0.2, 0.25) is 0 Å². The Balaban J connectivity index is 4.19. The molecule has 0 radical (unpaired) electrons. The molecule has 0 bridgehead atoms. The maximum Gasteiger partial charge on any atom is 0.338 e. The van der Waals surface area contributed by atoms with Gasteiger partial charge in [0.05, 0.1) is 0 Å². The monoisotopic (exact) mass is 136 g/mol. The molecule has 3 nitrogen and oxygen atoms in total.